The van der Waals surface area contributed by atoms with Crippen LogP contribution in [0.1, 0.15) is 15.9 Å². The number of para-hydroxylation sites is 1. The van der Waals surface area contributed by atoms with Crippen molar-refractivity contribution in [2.75, 3.05) is 19.5 Å². The van der Waals surface area contributed by atoms with Crippen molar-refractivity contribution in [3.63, 3.8) is 0 Å². The molecular weight excluding hydrogens is 358 g/mol. The van der Waals surface area contributed by atoms with E-state index in [4.69, 9.17) is 4.74 Å². The van der Waals surface area contributed by atoms with Gasteiger partial charge in [0.2, 0.25) is 5.43 Å². The zero-order chi connectivity index (χ0) is 16.8. The summed E-state index contributed by atoms with van der Waals surface area (Å²) in [6.07, 6.45) is 3.01. The standard InChI is InChI=1S/C18H16BrNO3/c1-20-15-9-8-13(19)11-14(18(15)22)16(21)10-7-12-5-3-4-6-17(12)23-2/h3-11H,1-2H3,(H,20,22). The lowest BCUT2D eigenvalue weighted by atomic mass is 10.1. The molecule has 2 aromatic rings. The molecule has 0 fully saturated rings. The molecule has 5 heteroatoms. The molecule has 0 amide bonds. The molecule has 2 aromatic carbocycles. The first kappa shape index (κ1) is 17.0. The normalized spacial score (nSPS) is 10.6. The van der Waals surface area contributed by atoms with Gasteiger partial charge in [0.1, 0.15) is 5.75 Å². The van der Waals surface area contributed by atoms with Crippen molar-refractivity contribution >= 4 is 33.5 Å². The van der Waals surface area contributed by atoms with E-state index in [-0.39, 0.29) is 16.8 Å². The van der Waals surface area contributed by atoms with Gasteiger partial charge in [0.15, 0.2) is 5.78 Å². The number of carbonyl (C=O) groups excluding carboxylic acids is 1. The average molecular weight is 374 g/mol. The second-order valence-electron chi connectivity index (χ2n) is 4.71. The van der Waals surface area contributed by atoms with Crippen molar-refractivity contribution in [2.24, 2.45) is 0 Å². The number of benzene rings is 1. The van der Waals surface area contributed by atoms with Crippen LogP contribution < -0.4 is 15.5 Å². The van der Waals surface area contributed by atoms with Gasteiger partial charge in [0.05, 0.1) is 18.4 Å². The smallest absolute Gasteiger partial charge is 0.212 e. The molecule has 0 aliphatic rings. The molecule has 0 heterocycles. The van der Waals surface area contributed by atoms with Gasteiger partial charge in [-0.25, -0.2) is 0 Å². The van der Waals surface area contributed by atoms with Gasteiger partial charge in [-0.2, -0.15) is 0 Å². The van der Waals surface area contributed by atoms with E-state index in [0.29, 0.717) is 15.9 Å². The van der Waals surface area contributed by atoms with Gasteiger partial charge in [0.25, 0.3) is 0 Å². The highest BCUT2D eigenvalue weighted by Crippen LogP contribution is 2.19. The molecule has 0 aliphatic carbocycles. The number of rotatable bonds is 5. The Kier molecular flexibility index (Phi) is 5.71. The summed E-state index contributed by atoms with van der Waals surface area (Å²) in [6.45, 7) is 0. The Morgan fingerprint density at radius 1 is 1.22 bits per heavy atom. The predicted molar refractivity (Wildman–Crippen MR) is 96.3 cm³/mol. The maximum absolute atomic E-state index is 12.4. The Morgan fingerprint density at radius 3 is 2.65 bits per heavy atom. The first-order chi connectivity index (χ1) is 11.1. The number of anilines is 1. The minimum atomic E-state index is -0.366. The van der Waals surface area contributed by atoms with Gasteiger partial charge in [-0.1, -0.05) is 34.1 Å². The number of halogens is 1. The molecule has 0 saturated carbocycles. The lowest BCUT2D eigenvalue weighted by Gasteiger charge is -2.03. The van der Waals surface area contributed by atoms with E-state index in [0.717, 1.165) is 5.56 Å². The summed E-state index contributed by atoms with van der Waals surface area (Å²) in [4.78, 5) is 24.8. The summed E-state index contributed by atoms with van der Waals surface area (Å²) < 4.78 is 5.89. The fraction of sp³-hybridized carbons (Fsp3) is 0.111. The molecule has 0 atom stereocenters. The fourth-order valence-electron chi connectivity index (χ4n) is 2.07. The van der Waals surface area contributed by atoms with Crippen LogP contribution in [0.3, 0.4) is 0 Å². The van der Waals surface area contributed by atoms with Crippen LogP contribution in [0.4, 0.5) is 5.69 Å². The van der Waals surface area contributed by atoms with Gasteiger partial charge < -0.3 is 10.1 Å². The van der Waals surface area contributed by atoms with Crippen LogP contribution in [0.2, 0.25) is 0 Å². The Morgan fingerprint density at radius 2 is 1.96 bits per heavy atom. The van der Waals surface area contributed by atoms with Gasteiger partial charge in [-0.05, 0) is 36.4 Å². The average Bonchev–Trinajstić information content (AvgIpc) is 2.71. The van der Waals surface area contributed by atoms with E-state index >= 15 is 0 Å². The van der Waals surface area contributed by atoms with E-state index < -0.39 is 0 Å². The molecule has 0 bridgehead atoms. The predicted octanol–water partition coefficient (Wildman–Crippen LogP) is 3.76. The highest BCUT2D eigenvalue weighted by atomic mass is 79.9. The van der Waals surface area contributed by atoms with Crippen LogP contribution in [0.5, 0.6) is 5.75 Å². The van der Waals surface area contributed by atoms with Crippen LogP contribution in [-0.4, -0.2) is 19.9 Å². The summed E-state index contributed by atoms with van der Waals surface area (Å²) in [6, 6.07) is 12.2. The number of ketones is 1. The minimum absolute atomic E-state index is 0.0948. The van der Waals surface area contributed by atoms with Crippen LogP contribution in [0.25, 0.3) is 6.08 Å². The number of methoxy groups -OCH3 is 1. The number of nitrogens with one attached hydrogen (secondary N) is 1. The minimum Gasteiger partial charge on any atom is -0.496 e. The second kappa shape index (κ2) is 7.74. The van der Waals surface area contributed by atoms with Crippen molar-refractivity contribution in [3.05, 3.63) is 74.4 Å². The Bertz CT molecular complexity index is 815. The highest BCUT2D eigenvalue weighted by Gasteiger charge is 2.10. The van der Waals surface area contributed by atoms with Crippen molar-refractivity contribution in [2.45, 2.75) is 0 Å². The van der Waals surface area contributed by atoms with E-state index in [1.807, 2.05) is 18.2 Å². The fourth-order valence-corrected chi connectivity index (χ4v) is 2.44. The molecule has 0 aromatic heterocycles. The van der Waals surface area contributed by atoms with Crippen molar-refractivity contribution < 1.29 is 9.53 Å². The molecule has 0 spiro atoms. The quantitative estimate of drug-likeness (QED) is 0.640. The Hall–Kier alpha value is -2.40. The van der Waals surface area contributed by atoms with Crippen molar-refractivity contribution in [1.82, 2.24) is 0 Å². The largest absolute Gasteiger partial charge is 0.496 e. The zero-order valence-electron chi connectivity index (χ0n) is 12.8. The SMILES string of the molecule is CNc1ccc(Br)cc(C(=O)C=Cc2ccccc2OC)c1=O. The Balaban J connectivity index is 2.42. The van der Waals surface area contributed by atoms with Crippen molar-refractivity contribution in [1.29, 1.82) is 0 Å². The van der Waals surface area contributed by atoms with Gasteiger partial charge >= 0.3 is 0 Å². The van der Waals surface area contributed by atoms with Gasteiger partial charge in [0, 0.05) is 17.1 Å². The molecule has 0 saturated heterocycles. The van der Waals surface area contributed by atoms with E-state index in [2.05, 4.69) is 21.2 Å². The molecule has 1 N–H and O–H groups in total. The Labute approximate surface area is 142 Å². The second-order valence-corrected chi connectivity index (χ2v) is 5.62. The molecule has 118 valence electrons. The topological polar surface area (TPSA) is 55.4 Å². The molecular formula is C18H16BrNO3. The first-order valence-electron chi connectivity index (χ1n) is 6.94. The molecule has 4 nitrogen and oxygen atoms in total. The monoisotopic (exact) mass is 373 g/mol. The highest BCUT2D eigenvalue weighted by molar-refractivity contribution is 9.10. The van der Waals surface area contributed by atoms with Gasteiger partial charge in [-0.15, -0.1) is 0 Å². The lowest BCUT2D eigenvalue weighted by molar-refractivity contribution is 0.104. The lowest BCUT2D eigenvalue weighted by Crippen LogP contribution is -2.14. The first-order valence-corrected chi connectivity index (χ1v) is 7.73. The maximum atomic E-state index is 12.4. The number of ether oxygens (including phenoxy) is 1. The summed E-state index contributed by atoms with van der Waals surface area (Å²) in [5.74, 6) is 0.295. The number of allylic oxidation sites excluding steroid dienone is 1. The molecule has 0 aliphatic heterocycles. The van der Waals surface area contributed by atoms with Crippen molar-refractivity contribution in [3.8, 4) is 5.75 Å². The molecule has 0 unspecified atom stereocenters. The van der Waals surface area contributed by atoms with E-state index in [1.165, 1.54) is 12.1 Å². The third-order valence-electron chi connectivity index (χ3n) is 3.27. The van der Waals surface area contributed by atoms with Crippen LogP contribution in [0.15, 0.2) is 57.8 Å². The summed E-state index contributed by atoms with van der Waals surface area (Å²) in [7, 11) is 3.21. The number of hydrogen-bond donors (Lipinski definition) is 1. The number of hydrogen-bond acceptors (Lipinski definition) is 4. The van der Waals surface area contributed by atoms with Gasteiger partial charge in [-0.3, -0.25) is 9.59 Å². The van der Waals surface area contributed by atoms with E-state index in [9.17, 15) is 9.59 Å². The van der Waals surface area contributed by atoms with Crippen LogP contribution in [-0.2, 0) is 0 Å². The third kappa shape index (κ3) is 4.07. The molecule has 23 heavy (non-hydrogen) atoms. The summed E-state index contributed by atoms with van der Waals surface area (Å²) in [5.41, 5.74) is 0.888. The third-order valence-corrected chi connectivity index (χ3v) is 3.76. The van der Waals surface area contributed by atoms with Crippen LogP contribution >= 0.6 is 15.9 Å². The maximum Gasteiger partial charge on any atom is 0.212 e. The zero-order valence-corrected chi connectivity index (χ0v) is 14.4. The van der Waals surface area contributed by atoms with Crippen LogP contribution in [0, 0.1) is 0 Å². The summed E-state index contributed by atoms with van der Waals surface area (Å²) >= 11 is 3.31. The molecule has 2 rings (SSSR count). The molecule has 0 radical (unpaired) electrons. The summed E-state index contributed by atoms with van der Waals surface area (Å²) in [5, 5.41) is 2.80. The number of carbonyl (C=O) groups is 1. The van der Waals surface area contributed by atoms with E-state index in [1.54, 1.807) is 38.4 Å².